The highest BCUT2D eigenvalue weighted by Crippen LogP contribution is 2.32. The van der Waals surface area contributed by atoms with Crippen LogP contribution in [0.4, 0.5) is 5.69 Å². The fraction of sp³-hybridized carbons (Fsp3) is 0.526. The first-order valence-electron chi connectivity index (χ1n) is 9.06. The van der Waals surface area contributed by atoms with Crippen LogP contribution in [-0.2, 0) is 9.59 Å². The molecule has 0 radical (unpaired) electrons. The maximum Gasteiger partial charge on any atom is 0.251 e. The van der Waals surface area contributed by atoms with E-state index in [0.717, 1.165) is 12.8 Å². The largest absolute Gasteiger partial charge is 0.352 e. The van der Waals surface area contributed by atoms with Crippen LogP contribution in [0.15, 0.2) is 24.3 Å². The highest BCUT2D eigenvalue weighted by atomic mass is 16.2. The maximum absolute atomic E-state index is 12.5. The number of anilines is 1. The molecule has 0 aromatic heterocycles. The van der Waals surface area contributed by atoms with Gasteiger partial charge in [-0.1, -0.05) is 6.07 Å². The normalized spacial score (nSPS) is 17.9. The number of nitrogens with zero attached hydrogens (tertiary/aromatic N) is 1. The summed E-state index contributed by atoms with van der Waals surface area (Å²) < 4.78 is 0. The quantitative estimate of drug-likeness (QED) is 0.858. The van der Waals surface area contributed by atoms with E-state index in [0.29, 0.717) is 43.7 Å². The molecule has 2 fully saturated rings. The van der Waals surface area contributed by atoms with E-state index in [4.69, 9.17) is 0 Å². The third kappa shape index (κ3) is 4.38. The van der Waals surface area contributed by atoms with Gasteiger partial charge < -0.3 is 15.5 Å². The molecular formula is C19H25N3O3. The van der Waals surface area contributed by atoms with Crippen LogP contribution in [0.3, 0.4) is 0 Å². The second-order valence-corrected chi connectivity index (χ2v) is 6.80. The van der Waals surface area contributed by atoms with E-state index in [-0.39, 0.29) is 29.6 Å². The number of likely N-dealkylation sites (tertiary alicyclic amines) is 1. The molecule has 3 rings (SSSR count). The Morgan fingerprint density at radius 2 is 1.80 bits per heavy atom. The highest BCUT2D eigenvalue weighted by molar-refractivity contribution is 5.97. The van der Waals surface area contributed by atoms with Gasteiger partial charge in [0.05, 0.1) is 0 Å². The first-order valence-corrected chi connectivity index (χ1v) is 9.06. The van der Waals surface area contributed by atoms with E-state index in [2.05, 4.69) is 10.6 Å². The lowest BCUT2D eigenvalue weighted by Gasteiger charge is -2.31. The summed E-state index contributed by atoms with van der Waals surface area (Å²) in [6.45, 7) is 3.75. The van der Waals surface area contributed by atoms with Gasteiger partial charge in [-0.3, -0.25) is 14.4 Å². The van der Waals surface area contributed by atoms with E-state index in [1.54, 1.807) is 24.3 Å². The Balaban J connectivity index is 1.53. The number of hydrogen-bond donors (Lipinski definition) is 2. The van der Waals surface area contributed by atoms with Crippen LogP contribution in [-0.4, -0.2) is 42.3 Å². The molecule has 1 saturated heterocycles. The molecule has 1 aliphatic heterocycles. The molecule has 0 spiro atoms. The molecule has 0 bridgehead atoms. The number of piperidine rings is 1. The molecule has 0 unspecified atom stereocenters. The average molecular weight is 343 g/mol. The molecule has 1 aromatic carbocycles. The zero-order valence-electron chi connectivity index (χ0n) is 14.6. The van der Waals surface area contributed by atoms with Gasteiger partial charge in [0.2, 0.25) is 11.8 Å². The van der Waals surface area contributed by atoms with Crippen molar-refractivity contribution in [2.45, 2.75) is 32.6 Å². The maximum atomic E-state index is 12.5. The first kappa shape index (κ1) is 17.5. The molecule has 0 atom stereocenters. The van der Waals surface area contributed by atoms with Crippen LogP contribution in [0.1, 0.15) is 43.0 Å². The number of hydrogen-bond acceptors (Lipinski definition) is 3. The number of benzene rings is 1. The second kappa shape index (κ2) is 7.68. The van der Waals surface area contributed by atoms with Crippen molar-refractivity contribution in [3.8, 4) is 0 Å². The predicted octanol–water partition coefficient (Wildman–Crippen LogP) is 2.02. The Morgan fingerprint density at radius 3 is 2.44 bits per heavy atom. The zero-order chi connectivity index (χ0) is 17.8. The van der Waals surface area contributed by atoms with Crippen molar-refractivity contribution in [3.05, 3.63) is 29.8 Å². The number of carbonyl (C=O) groups is 3. The van der Waals surface area contributed by atoms with E-state index in [1.165, 1.54) is 0 Å². The average Bonchev–Trinajstić information content (AvgIpc) is 3.47. The zero-order valence-corrected chi connectivity index (χ0v) is 14.6. The Morgan fingerprint density at radius 1 is 1.08 bits per heavy atom. The lowest BCUT2D eigenvalue weighted by atomic mass is 9.95. The highest BCUT2D eigenvalue weighted by Gasteiger charge is 2.35. The van der Waals surface area contributed by atoms with Crippen molar-refractivity contribution in [2.75, 3.05) is 25.0 Å². The fourth-order valence-electron chi connectivity index (χ4n) is 3.20. The number of nitrogens with one attached hydrogen (secondary N) is 2. The third-order valence-corrected chi connectivity index (χ3v) is 4.83. The summed E-state index contributed by atoms with van der Waals surface area (Å²) in [5.74, 6) is 0.226. The second-order valence-electron chi connectivity index (χ2n) is 6.80. The van der Waals surface area contributed by atoms with Crippen molar-refractivity contribution in [1.29, 1.82) is 0 Å². The van der Waals surface area contributed by atoms with Gasteiger partial charge in [0, 0.05) is 42.7 Å². The lowest BCUT2D eigenvalue weighted by molar-refractivity contribution is -0.135. The molecule has 2 N–H and O–H groups in total. The molecule has 1 heterocycles. The van der Waals surface area contributed by atoms with Gasteiger partial charge >= 0.3 is 0 Å². The molecule has 1 aromatic rings. The minimum atomic E-state index is -0.148. The summed E-state index contributed by atoms with van der Waals surface area (Å²) in [7, 11) is 0. The third-order valence-electron chi connectivity index (χ3n) is 4.83. The van der Waals surface area contributed by atoms with Crippen LogP contribution in [0.25, 0.3) is 0 Å². The van der Waals surface area contributed by atoms with E-state index < -0.39 is 0 Å². The molecule has 1 aliphatic carbocycles. The van der Waals surface area contributed by atoms with Crippen molar-refractivity contribution in [3.63, 3.8) is 0 Å². The Kier molecular flexibility index (Phi) is 5.36. The van der Waals surface area contributed by atoms with E-state index >= 15 is 0 Å². The standard InChI is InChI=1S/C19H25N3O3/c1-2-20-17(23)15-4-3-5-16(12-15)21-18(24)13-8-10-22(11-9-13)19(25)14-6-7-14/h3-5,12-14H,2,6-11H2,1H3,(H,20,23)(H,21,24). The topological polar surface area (TPSA) is 78.5 Å². The molecule has 134 valence electrons. The Labute approximate surface area is 148 Å². The summed E-state index contributed by atoms with van der Waals surface area (Å²) in [5, 5.41) is 5.65. The van der Waals surface area contributed by atoms with Crippen LogP contribution in [0, 0.1) is 11.8 Å². The molecular weight excluding hydrogens is 318 g/mol. The predicted molar refractivity (Wildman–Crippen MR) is 95.1 cm³/mol. The molecule has 1 saturated carbocycles. The number of carbonyl (C=O) groups excluding carboxylic acids is 3. The van der Waals surface area contributed by atoms with Crippen LogP contribution in [0.5, 0.6) is 0 Å². The van der Waals surface area contributed by atoms with Crippen molar-refractivity contribution < 1.29 is 14.4 Å². The summed E-state index contributed by atoms with van der Waals surface area (Å²) in [6.07, 6.45) is 3.42. The SMILES string of the molecule is CCNC(=O)c1cccc(NC(=O)C2CCN(C(=O)C3CC3)CC2)c1. The van der Waals surface area contributed by atoms with Crippen molar-refractivity contribution in [2.24, 2.45) is 11.8 Å². The van der Waals surface area contributed by atoms with Gasteiger partial charge in [-0.2, -0.15) is 0 Å². The summed E-state index contributed by atoms with van der Waals surface area (Å²) in [6, 6.07) is 6.96. The van der Waals surface area contributed by atoms with E-state index in [1.807, 2.05) is 11.8 Å². The van der Waals surface area contributed by atoms with Crippen LogP contribution < -0.4 is 10.6 Å². The molecule has 25 heavy (non-hydrogen) atoms. The first-order chi connectivity index (χ1) is 12.1. The van der Waals surface area contributed by atoms with Crippen molar-refractivity contribution in [1.82, 2.24) is 10.2 Å². The van der Waals surface area contributed by atoms with Gasteiger partial charge in [-0.05, 0) is 50.8 Å². The Bertz CT molecular complexity index is 662. The molecule has 6 heteroatoms. The lowest BCUT2D eigenvalue weighted by Crippen LogP contribution is -2.42. The summed E-state index contributed by atoms with van der Waals surface area (Å²) >= 11 is 0. The molecule has 3 amide bonds. The minimum absolute atomic E-state index is 0.0356. The van der Waals surface area contributed by atoms with Crippen molar-refractivity contribution >= 4 is 23.4 Å². The Hall–Kier alpha value is -2.37. The number of amides is 3. The van der Waals surface area contributed by atoms with E-state index in [9.17, 15) is 14.4 Å². The van der Waals surface area contributed by atoms with Gasteiger partial charge in [0.1, 0.15) is 0 Å². The fourth-order valence-corrected chi connectivity index (χ4v) is 3.20. The van der Waals surface area contributed by atoms with Gasteiger partial charge in [-0.15, -0.1) is 0 Å². The molecule has 2 aliphatic rings. The molecule has 6 nitrogen and oxygen atoms in total. The minimum Gasteiger partial charge on any atom is -0.352 e. The number of rotatable bonds is 5. The van der Waals surface area contributed by atoms with Crippen LogP contribution >= 0.6 is 0 Å². The smallest absolute Gasteiger partial charge is 0.251 e. The monoisotopic (exact) mass is 343 g/mol. The van der Waals surface area contributed by atoms with Gasteiger partial charge in [-0.25, -0.2) is 0 Å². The van der Waals surface area contributed by atoms with Crippen LogP contribution in [0.2, 0.25) is 0 Å². The van der Waals surface area contributed by atoms with Gasteiger partial charge in [0.15, 0.2) is 0 Å². The summed E-state index contributed by atoms with van der Waals surface area (Å²) in [4.78, 5) is 38.3. The van der Waals surface area contributed by atoms with Gasteiger partial charge in [0.25, 0.3) is 5.91 Å². The summed E-state index contributed by atoms with van der Waals surface area (Å²) in [5.41, 5.74) is 1.16.